The van der Waals surface area contributed by atoms with E-state index in [1.54, 1.807) is 7.11 Å². The van der Waals surface area contributed by atoms with Gasteiger partial charge in [-0.15, -0.1) is 0 Å². The molecule has 0 atom stereocenters. The predicted molar refractivity (Wildman–Crippen MR) is 91.4 cm³/mol. The summed E-state index contributed by atoms with van der Waals surface area (Å²) in [5.74, 6) is 1.38. The molecular weight excluding hydrogens is 300 g/mol. The standard InChI is InChI=1S/C17H27ClN2O2/c1-3-22-16-13-14(12-15(18)17(16)21-2)6-4-5-9-20-10-7-19-8-11-20/h12-13,19H,3-11H2,1-2H3. The highest BCUT2D eigenvalue weighted by Crippen LogP contribution is 2.36. The van der Waals surface area contributed by atoms with Crippen LogP contribution in [-0.4, -0.2) is 51.3 Å². The van der Waals surface area contributed by atoms with Crippen LogP contribution in [0.5, 0.6) is 11.5 Å². The largest absolute Gasteiger partial charge is 0.491 e. The molecule has 1 N–H and O–H groups in total. The number of methoxy groups -OCH3 is 1. The van der Waals surface area contributed by atoms with E-state index in [1.165, 1.54) is 31.6 Å². The van der Waals surface area contributed by atoms with E-state index in [1.807, 2.05) is 13.0 Å². The molecule has 1 fully saturated rings. The van der Waals surface area contributed by atoms with Crippen LogP contribution in [0.25, 0.3) is 0 Å². The highest BCUT2D eigenvalue weighted by Gasteiger charge is 2.12. The number of hydrogen-bond donors (Lipinski definition) is 1. The van der Waals surface area contributed by atoms with Gasteiger partial charge in [-0.1, -0.05) is 11.6 Å². The maximum Gasteiger partial charge on any atom is 0.179 e. The molecule has 5 heteroatoms. The van der Waals surface area contributed by atoms with Gasteiger partial charge in [-0.25, -0.2) is 0 Å². The summed E-state index contributed by atoms with van der Waals surface area (Å²) in [5, 5.41) is 4.01. The normalized spacial score (nSPS) is 15.8. The van der Waals surface area contributed by atoms with E-state index in [4.69, 9.17) is 21.1 Å². The number of ether oxygens (including phenoxy) is 2. The summed E-state index contributed by atoms with van der Waals surface area (Å²) in [6.07, 6.45) is 3.40. The zero-order valence-corrected chi connectivity index (χ0v) is 14.4. The van der Waals surface area contributed by atoms with E-state index in [0.29, 0.717) is 17.4 Å². The van der Waals surface area contributed by atoms with Crippen LogP contribution in [0.2, 0.25) is 5.02 Å². The topological polar surface area (TPSA) is 33.7 Å². The van der Waals surface area contributed by atoms with Crippen molar-refractivity contribution >= 4 is 11.6 Å². The van der Waals surface area contributed by atoms with Crippen molar-refractivity contribution in [2.45, 2.75) is 26.2 Å². The lowest BCUT2D eigenvalue weighted by molar-refractivity contribution is 0.237. The highest BCUT2D eigenvalue weighted by molar-refractivity contribution is 6.32. The first-order valence-corrected chi connectivity index (χ1v) is 8.54. The second-order valence-corrected chi connectivity index (χ2v) is 6.00. The monoisotopic (exact) mass is 326 g/mol. The fraction of sp³-hybridized carbons (Fsp3) is 0.647. The van der Waals surface area contributed by atoms with Gasteiger partial charge in [0.05, 0.1) is 18.7 Å². The summed E-state index contributed by atoms with van der Waals surface area (Å²) in [5.41, 5.74) is 1.22. The first-order chi connectivity index (χ1) is 10.7. The Labute approximate surface area is 138 Å². The van der Waals surface area contributed by atoms with Gasteiger partial charge in [0.25, 0.3) is 0 Å². The van der Waals surface area contributed by atoms with E-state index in [-0.39, 0.29) is 0 Å². The summed E-state index contributed by atoms with van der Waals surface area (Å²) in [6.45, 7) is 8.33. The Bertz CT molecular complexity index is 462. The first-order valence-electron chi connectivity index (χ1n) is 8.17. The minimum Gasteiger partial charge on any atom is -0.491 e. The summed E-state index contributed by atoms with van der Waals surface area (Å²) in [6, 6.07) is 4.05. The molecule has 1 aliphatic rings. The van der Waals surface area contributed by atoms with Crippen molar-refractivity contribution < 1.29 is 9.47 Å². The molecule has 0 unspecified atom stereocenters. The molecule has 0 saturated carbocycles. The molecule has 124 valence electrons. The summed E-state index contributed by atoms with van der Waals surface area (Å²) < 4.78 is 10.9. The number of nitrogens with zero attached hydrogens (tertiary/aromatic N) is 1. The minimum atomic E-state index is 0.610. The molecule has 2 rings (SSSR count). The fourth-order valence-electron chi connectivity index (χ4n) is 2.83. The maximum absolute atomic E-state index is 6.28. The maximum atomic E-state index is 6.28. The number of benzene rings is 1. The van der Waals surface area contributed by atoms with Gasteiger partial charge in [0.2, 0.25) is 0 Å². The van der Waals surface area contributed by atoms with Gasteiger partial charge in [-0.05, 0) is 50.4 Å². The molecule has 0 bridgehead atoms. The third kappa shape index (κ3) is 5.04. The fourth-order valence-corrected chi connectivity index (χ4v) is 3.14. The van der Waals surface area contributed by atoms with Crippen molar-refractivity contribution in [3.05, 3.63) is 22.7 Å². The van der Waals surface area contributed by atoms with E-state index < -0.39 is 0 Å². The van der Waals surface area contributed by atoms with Crippen LogP contribution < -0.4 is 14.8 Å². The average molecular weight is 327 g/mol. The number of rotatable bonds is 8. The number of unbranched alkanes of at least 4 members (excludes halogenated alkanes) is 1. The molecule has 22 heavy (non-hydrogen) atoms. The summed E-state index contributed by atoms with van der Waals surface area (Å²) >= 11 is 6.28. The van der Waals surface area contributed by atoms with Crippen molar-refractivity contribution in [3.63, 3.8) is 0 Å². The zero-order valence-electron chi connectivity index (χ0n) is 13.7. The summed E-state index contributed by atoms with van der Waals surface area (Å²) in [4.78, 5) is 2.53. The Morgan fingerprint density at radius 3 is 2.68 bits per heavy atom. The quantitative estimate of drug-likeness (QED) is 0.745. The van der Waals surface area contributed by atoms with Crippen molar-refractivity contribution in [1.82, 2.24) is 10.2 Å². The molecular formula is C17H27ClN2O2. The second kappa shape index (κ2) is 9.23. The molecule has 1 aliphatic heterocycles. The van der Waals surface area contributed by atoms with Crippen LogP contribution in [0.4, 0.5) is 0 Å². The lowest BCUT2D eigenvalue weighted by Crippen LogP contribution is -2.43. The Balaban J connectivity index is 1.84. The molecule has 1 aromatic carbocycles. The summed E-state index contributed by atoms with van der Waals surface area (Å²) in [7, 11) is 1.62. The Kier molecular flexibility index (Phi) is 7.30. The van der Waals surface area contributed by atoms with Crippen LogP contribution in [0, 0.1) is 0 Å². The number of nitrogens with one attached hydrogen (secondary N) is 1. The lowest BCUT2D eigenvalue weighted by atomic mass is 10.1. The van der Waals surface area contributed by atoms with Gasteiger partial charge >= 0.3 is 0 Å². The minimum absolute atomic E-state index is 0.610. The number of aryl methyl sites for hydroxylation is 1. The molecule has 0 radical (unpaired) electrons. The molecule has 1 saturated heterocycles. The van der Waals surface area contributed by atoms with E-state index >= 15 is 0 Å². The molecule has 0 aliphatic carbocycles. The molecule has 0 spiro atoms. The average Bonchev–Trinajstić information content (AvgIpc) is 2.53. The van der Waals surface area contributed by atoms with Crippen LogP contribution in [0.3, 0.4) is 0 Å². The lowest BCUT2D eigenvalue weighted by Gasteiger charge is -2.27. The second-order valence-electron chi connectivity index (χ2n) is 5.59. The smallest absolute Gasteiger partial charge is 0.179 e. The molecule has 0 aromatic heterocycles. The Morgan fingerprint density at radius 1 is 1.23 bits per heavy atom. The zero-order chi connectivity index (χ0) is 15.8. The van der Waals surface area contributed by atoms with Gasteiger partial charge in [-0.2, -0.15) is 0 Å². The van der Waals surface area contributed by atoms with Gasteiger partial charge in [0.1, 0.15) is 0 Å². The Morgan fingerprint density at radius 2 is 2.00 bits per heavy atom. The molecule has 0 amide bonds. The van der Waals surface area contributed by atoms with Gasteiger partial charge < -0.3 is 19.7 Å². The van der Waals surface area contributed by atoms with Crippen LogP contribution in [0.15, 0.2) is 12.1 Å². The molecule has 1 heterocycles. The van der Waals surface area contributed by atoms with Crippen molar-refractivity contribution in [1.29, 1.82) is 0 Å². The van der Waals surface area contributed by atoms with Crippen molar-refractivity contribution in [2.75, 3.05) is 46.4 Å². The number of piperazine rings is 1. The number of halogens is 1. The SMILES string of the molecule is CCOc1cc(CCCCN2CCNCC2)cc(Cl)c1OC. The first kappa shape index (κ1) is 17.4. The van der Waals surface area contributed by atoms with Crippen LogP contribution >= 0.6 is 11.6 Å². The number of hydrogen-bond acceptors (Lipinski definition) is 4. The van der Waals surface area contributed by atoms with Gasteiger partial charge in [0, 0.05) is 26.2 Å². The van der Waals surface area contributed by atoms with Crippen molar-refractivity contribution in [2.24, 2.45) is 0 Å². The van der Waals surface area contributed by atoms with E-state index in [9.17, 15) is 0 Å². The van der Waals surface area contributed by atoms with Crippen LogP contribution in [-0.2, 0) is 6.42 Å². The third-order valence-corrected chi connectivity index (χ3v) is 4.25. The van der Waals surface area contributed by atoms with E-state index in [2.05, 4.69) is 16.3 Å². The molecule has 1 aromatic rings. The molecule has 4 nitrogen and oxygen atoms in total. The highest BCUT2D eigenvalue weighted by atomic mass is 35.5. The van der Waals surface area contributed by atoms with Crippen LogP contribution in [0.1, 0.15) is 25.3 Å². The van der Waals surface area contributed by atoms with Gasteiger partial charge in [0.15, 0.2) is 11.5 Å². The third-order valence-electron chi connectivity index (χ3n) is 3.97. The predicted octanol–water partition coefficient (Wildman–Crippen LogP) is 2.98. The van der Waals surface area contributed by atoms with E-state index in [0.717, 1.165) is 31.7 Å². The van der Waals surface area contributed by atoms with Crippen molar-refractivity contribution in [3.8, 4) is 11.5 Å². The van der Waals surface area contributed by atoms with Gasteiger partial charge in [-0.3, -0.25) is 0 Å². The Hall–Kier alpha value is -0.970.